The Balaban J connectivity index is 2.13. The van der Waals surface area contributed by atoms with E-state index in [1.807, 2.05) is 0 Å². The Morgan fingerprint density at radius 1 is 1.40 bits per heavy atom. The quantitative estimate of drug-likeness (QED) is 0.501. The number of nitro groups is 1. The fraction of sp³-hybridized carbons (Fsp3) is 0.643. The largest absolute Gasteiger partial charge is 0.366 e. The van der Waals surface area contributed by atoms with E-state index < -0.39 is 4.92 Å². The fourth-order valence-electron chi connectivity index (χ4n) is 2.68. The maximum atomic E-state index is 10.9. The van der Waals surface area contributed by atoms with Crippen LogP contribution in [-0.2, 0) is 0 Å². The minimum atomic E-state index is -0.399. The van der Waals surface area contributed by atoms with Gasteiger partial charge in [0.25, 0.3) is 5.69 Å². The van der Waals surface area contributed by atoms with Crippen LogP contribution in [0.15, 0.2) is 10.7 Å². The molecule has 5 nitrogen and oxygen atoms in total. The van der Waals surface area contributed by atoms with Crippen molar-refractivity contribution in [1.82, 2.24) is 4.98 Å². The van der Waals surface area contributed by atoms with Crippen LogP contribution in [0.4, 0.5) is 11.5 Å². The minimum absolute atomic E-state index is 0.0527. The number of pyridine rings is 1. The van der Waals surface area contributed by atoms with Crippen LogP contribution in [0.1, 0.15) is 44.6 Å². The Bertz CT molecular complexity index is 507. The van der Waals surface area contributed by atoms with Crippen LogP contribution in [0.2, 0.25) is 0 Å². The van der Waals surface area contributed by atoms with Gasteiger partial charge in [-0.1, -0.05) is 19.8 Å². The van der Waals surface area contributed by atoms with Gasteiger partial charge in [0.05, 0.1) is 9.40 Å². The summed E-state index contributed by atoms with van der Waals surface area (Å²) in [4.78, 5) is 14.7. The van der Waals surface area contributed by atoms with Gasteiger partial charge in [-0.2, -0.15) is 0 Å². The number of hydrogen-bond donors (Lipinski definition) is 1. The number of halogens is 1. The molecule has 0 saturated heterocycles. The molecule has 1 aliphatic rings. The van der Waals surface area contributed by atoms with Gasteiger partial charge >= 0.3 is 0 Å². The van der Waals surface area contributed by atoms with Crippen molar-refractivity contribution < 1.29 is 4.92 Å². The lowest BCUT2D eigenvalue weighted by Gasteiger charge is -2.18. The van der Waals surface area contributed by atoms with Gasteiger partial charge in [-0.15, -0.1) is 0 Å². The highest BCUT2D eigenvalue weighted by Gasteiger charge is 2.21. The second-order valence-electron chi connectivity index (χ2n) is 5.64. The first kappa shape index (κ1) is 15.2. The number of nitrogens with one attached hydrogen (secondary N) is 1. The molecule has 110 valence electrons. The number of rotatable bonds is 3. The smallest absolute Gasteiger partial charge is 0.291 e. The van der Waals surface area contributed by atoms with Gasteiger partial charge in [0, 0.05) is 11.6 Å². The molecule has 1 aliphatic carbocycles. The van der Waals surface area contributed by atoms with Gasteiger partial charge in [-0.05, 0) is 48.0 Å². The number of aromatic nitrogens is 1. The van der Waals surface area contributed by atoms with Crippen LogP contribution in [0.5, 0.6) is 0 Å². The maximum absolute atomic E-state index is 10.9. The summed E-state index contributed by atoms with van der Waals surface area (Å²) >= 11 is 3.43. The topological polar surface area (TPSA) is 68.1 Å². The Labute approximate surface area is 127 Å². The summed E-state index contributed by atoms with van der Waals surface area (Å²) in [5.41, 5.74) is 0.673. The molecule has 0 bridgehead atoms. The highest BCUT2D eigenvalue weighted by atomic mass is 79.9. The van der Waals surface area contributed by atoms with Crippen LogP contribution >= 0.6 is 15.9 Å². The third-order valence-electron chi connectivity index (χ3n) is 4.03. The van der Waals surface area contributed by atoms with Crippen LogP contribution < -0.4 is 5.32 Å². The Hall–Kier alpha value is -1.17. The van der Waals surface area contributed by atoms with E-state index in [-0.39, 0.29) is 5.69 Å². The molecule has 1 fully saturated rings. The summed E-state index contributed by atoms with van der Waals surface area (Å²) < 4.78 is 0.698. The first-order valence-electron chi connectivity index (χ1n) is 7.05. The predicted molar refractivity (Wildman–Crippen MR) is 83.0 cm³/mol. The summed E-state index contributed by atoms with van der Waals surface area (Å²) in [5, 5.41) is 14.3. The third-order valence-corrected chi connectivity index (χ3v) is 5.00. The van der Waals surface area contributed by atoms with Gasteiger partial charge in [-0.3, -0.25) is 10.1 Å². The molecule has 2 unspecified atom stereocenters. The molecule has 0 aromatic carbocycles. The zero-order valence-electron chi connectivity index (χ0n) is 11.9. The fourth-order valence-corrected chi connectivity index (χ4v) is 3.10. The van der Waals surface area contributed by atoms with Crippen LogP contribution in [0.3, 0.4) is 0 Å². The van der Waals surface area contributed by atoms with E-state index in [4.69, 9.17) is 0 Å². The van der Waals surface area contributed by atoms with Crippen LogP contribution in [0.25, 0.3) is 0 Å². The van der Waals surface area contributed by atoms with Crippen LogP contribution in [0, 0.1) is 23.0 Å². The second-order valence-corrected chi connectivity index (χ2v) is 6.44. The molecule has 0 radical (unpaired) electrons. The molecule has 1 heterocycles. The summed E-state index contributed by atoms with van der Waals surface area (Å²) in [6.45, 7) is 4.04. The van der Waals surface area contributed by atoms with Crippen molar-refractivity contribution in [1.29, 1.82) is 0 Å². The summed E-state index contributed by atoms with van der Waals surface area (Å²) in [5.74, 6) is 1.50. The third kappa shape index (κ3) is 3.48. The van der Waals surface area contributed by atoms with E-state index in [1.165, 1.54) is 25.5 Å². The summed E-state index contributed by atoms with van der Waals surface area (Å²) in [6.07, 6.45) is 7.33. The van der Waals surface area contributed by atoms with Gasteiger partial charge in [-0.25, -0.2) is 4.98 Å². The minimum Gasteiger partial charge on any atom is -0.366 e. The normalized spacial score (nSPS) is 23.1. The zero-order chi connectivity index (χ0) is 14.7. The number of nitrogens with zero attached hydrogens (tertiary/aromatic N) is 2. The monoisotopic (exact) mass is 341 g/mol. The molecule has 0 amide bonds. The lowest BCUT2D eigenvalue weighted by atomic mass is 10.0. The molecule has 6 heteroatoms. The Kier molecular flexibility index (Phi) is 4.96. The highest BCUT2D eigenvalue weighted by molar-refractivity contribution is 9.10. The second kappa shape index (κ2) is 6.52. The van der Waals surface area contributed by atoms with Gasteiger partial charge in [0.15, 0.2) is 0 Å². The lowest BCUT2D eigenvalue weighted by Crippen LogP contribution is -2.19. The van der Waals surface area contributed by atoms with Crippen molar-refractivity contribution in [2.24, 2.45) is 5.92 Å². The Morgan fingerprint density at radius 3 is 2.85 bits per heavy atom. The molecule has 2 atom stereocenters. The van der Waals surface area contributed by atoms with Gasteiger partial charge in [0.2, 0.25) is 0 Å². The summed E-state index contributed by atoms with van der Waals surface area (Å²) in [7, 11) is 0. The lowest BCUT2D eigenvalue weighted by molar-refractivity contribution is -0.385. The van der Waals surface area contributed by atoms with E-state index >= 15 is 0 Å². The highest BCUT2D eigenvalue weighted by Crippen LogP contribution is 2.32. The molecule has 2 rings (SSSR count). The standard InChI is InChI=1S/C14H20BrN3O2/c1-9-4-3-5-11(7-6-9)17-14-13(15)10(2)12(8-16-14)18(19)20/h8-9,11H,3-7H2,1-2H3,(H,16,17). The first-order valence-corrected chi connectivity index (χ1v) is 7.84. The van der Waals surface area contributed by atoms with E-state index in [1.54, 1.807) is 6.92 Å². The molecule has 20 heavy (non-hydrogen) atoms. The van der Waals surface area contributed by atoms with Crippen molar-refractivity contribution in [3.05, 3.63) is 26.3 Å². The van der Waals surface area contributed by atoms with E-state index in [0.717, 1.165) is 18.8 Å². The van der Waals surface area contributed by atoms with E-state index in [0.29, 0.717) is 21.9 Å². The zero-order valence-corrected chi connectivity index (χ0v) is 13.4. The van der Waals surface area contributed by atoms with Crippen molar-refractivity contribution in [3.8, 4) is 0 Å². The van der Waals surface area contributed by atoms with Crippen molar-refractivity contribution >= 4 is 27.4 Å². The average molecular weight is 342 g/mol. The van der Waals surface area contributed by atoms with Crippen molar-refractivity contribution in [2.75, 3.05) is 5.32 Å². The summed E-state index contributed by atoms with van der Waals surface area (Å²) in [6, 6.07) is 0.407. The molecular weight excluding hydrogens is 322 g/mol. The Morgan fingerprint density at radius 2 is 2.15 bits per heavy atom. The molecule has 0 spiro atoms. The molecule has 1 saturated carbocycles. The SMILES string of the molecule is Cc1c([N+](=O)[O-])cnc(NC2CCCC(C)CC2)c1Br. The molecule has 1 aromatic rings. The molecular formula is C14H20BrN3O2. The number of hydrogen-bond acceptors (Lipinski definition) is 4. The van der Waals surface area contributed by atoms with E-state index in [9.17, 15) is 10.1 Å². The van der Waals surface area contributed by atoms with Gasteiger partial charge in [0.1, 0.15) is 12.0 Å². The average Bonchev–Trinajstić information content (AvgIpc) is 2.60. The van der Waals surface area contributed by atoms with Crippen molar-refractivity contribution in [3.63, 3.8) is 0 Å². The van der Waals surface area contributed by atoms with Gasteiger partial charge < -0.3 is 5.32 Å². The molecule has 0 aliphatic heterocycles. The number of anilines is 1. The van der Waals surface area contributed by atoms with E-state index in [2.05, 4.69) is 33.2 Å². The van der Waals surface area contributed by atoms with Crippen molar-refractivity contribution in [2.45, 2.75) is 52.0 Å². The predicted octanol–water partition coefficient (Wildman–Crippen LogP) is 4.44. The molecule has 1 N–H and O–H groups in total. The molecule has 1 aromatic heterocycles. The first-order chi connectivity index (χ1) is 9.49. The maximum Gasteiger partial charge on any atom is 0.291 e. The van der Waals surface area contributed by atoms with Crippen LogP contribution in [-0.4, -0.2) is 15.9 Å².